The van der Waals surface area contributed by atoms with Crippen molar-refractivity contribution < 1.29 is 19.4 Å². The van der Waals surface area contributed by atoms with Crippen LogP contribution in [-0.4, -0.2) is 70.6 Å². The van der Waals surface area contributed by atoms with Crippen LogP contribution in [0, 0.1) is 11.8 Å². The largest absolute Gasteiger partial charge is 0.488 e. The first kappa shape index (κ1) is 27.1. The number of rotatable bonds is 8. The van der Waals surface area contributed by atoms with E-state index in [2.05, 4.69) is 29.2 Å². The molecule has 2 N–H and O–H groups in total. The Balaban J connectivity index is 1.57. The third-order valence-electron chi connectivity index (χ3n) is 7.60. The van der Waals surface area contributed by atoms with Crippen LogP contribution in [0.1, 0.15) is 61.9 Å². The van der Waals surface area contributed by atoms with Gasteiger partial charge in [0.15, 0.2) is 0 Å². The minimum absolute atomic E-state index is 0.0173. The van der Waals surface area contributed by atoms with Crippen LogP contribution < -0.4 is 10.1 Å². The van der Waals surface area contributed by atoms with Gasteiger partial charge in [-0.3, -0.25) is 19.5 Å². The van der Waals surface area contributed by atoms with Gasteiger partial charge in [0.2, 0.25) is 5.91 Å². The number of hydrogen-bond donors (Lipinski definition) is 2. The van der Waals surface area contributed by atoms with E-state index >= 15 is 0 Å². The third kappa shape index (κ3) is 6.87. The predicted octanol–water partition coefficient (Wildman–Crippen LogP) is 3.95. The summed E-state index contributed by atoms with van der Waals surface area (Å²) >= 11 is 0. The maximum atomic E-state index is 13.7. The van der Waals surface area contributed by atoms with E-state index in [0.717, 1.165) is 32.2 Å². The van der Waals surface area contributed by atoms with Crippen LogP contribution in [0.3, 0.4) is 0 Å². The van der Waals surface area contributed by atoms with Crippen molar-refractivity contribution in [2.75, 3.05) is 32.1 Å². The number of amides is 2. The molecule has 1 aliphatic heterocycles. The monoisotopic (exact) mass is 508 g/mol. The van der Waals surface area contributed by atoms with Crippen LogP contribution in [-0.2, 0) is 11.3 Å². The Morgan fingerprint density at radius 3 is 2.65 bits per heavy atom. The molecule has 200 valence electrons. The van der Waals surface area contributed by atoms with E-state index < -0.39 is 0 Å². The van der Waals surface area contributed by atoms with Crippen LogP contribution >= 0.6 is 0 Å². The number of likely N-dealkylation sites (N-methyl/N-ethyl adjacent to an activating group) is 1. The van der Waals surface area contributed by atoms with Crippen molar-refractivity contribution in [2.45, 2.75) is 64.6 Å². The number of ether oxygens (including phenoxy) is 1. The molecule has 8 heteroatoms. The SMILES string of the molecule is C[C@H]1CN([C@@H](C)CO)C(=O)c2cc(NC(=O)C3CCCCC3)ccc2O[C@@H]1CN(C)Cc1ccncc1. The van der Waals surface area contributed by atoms with Crippen molar-refractivity contribution in [2.24, 2.45) is 11.8 Å². The maximum Gasteiger partial charge on any atom is 0.258 e. The van der Waals surface area contributed by atoms with Crippen molar-refractivity contribution in [3.63, 3.8) is 0 Å². The standard InChI is InChI=1S/C29H40N4O4/c1-20-16-33(21(2)19-34)29(36)25-15-24(31-28(35)23-7-5-4-6-8-23)9-10-26(25)37-27(20)18-32(3)17-22-11-13-30-14-12-22/h9-15,20-21,23,27,34H,4-8,16-19H2,1-3H3,(H,31,35)/t20-,21-,27+/m0/s1. The maximum absolute atomic E-state index is 13.7. The lowest BCUT2D eigenvalue weighted by Gasteiger charge is -2.38. The molecule has 0 radical (unpaired) electrons. The Morgan fingerprint density at radius 2 is 1.95 bits per heavy atom. The van der Waals surface area contributed by atoms with Crippen molar-refractivity contribution in [1.29, 1.82) is 0 Å². The average Bonchev–Trinajstić information content (AvgIpc) is 2.91. The van der Waals surface area contributed by atoms with Crippen molar-refractivity contribution >= 4 is 17.5 Å². The normalized spacial score (nSPS) is 21.5. The summed E-state index contributed by atoms with van der Waals surface area (Å²) in [6.07, 6.45) is 8.58. The molecule has 8 nitrogen and oxygen atoms in total. The van der Waals surface area contributed by atoms with E-state index in [-0.39, 0.29) is 42.4 Å². The molecular weight excluding hydrogens is 468 g/mol. The molecule has 1 aliphatic carbocycles. The summed E-state index contributed by atoms with van der Waals surface area (Å²) < 4.78 is 6.49. The van der Waals surface area contributed by atoms with Crippen molar-refractivity contribution in [3.05, 3.63) is 53.9 Å². The second kappa shape index (κ2) is 12.5. The van der Waals surface area contributed by atoms with Gasteiger partial charge in [-0.15, -0.1) is 0 Å². The fourth-order valence-electron chi connectivity index (χ4n) is 5.30. The number of nitrogens with zero attached hydrogens (tertiary/aromatic N) is 3. The third-order valence-corrected chi connectivity index (χ3v) is 7.60. The van der Waals surface area contributed by atoms with E-state index in [0.29, 0.717) is 30.1 Å². The molecule has 0 unspecified atom stereocenters. The molecule has 4 rings (SSSR count). The van der Waals surface area contributed by atoms with Gasteiger partial charge in [-0.1, -0.05) is 26.2 Å². The minimum Gasteiger partial charge on any atom is -0.488 e. The van der Waals surface area contributed by atoms with E-state index in [4.69, 9.17) is 4.74 Å². The molecule has 1 aromatic heterocycles. The first-order chi connectivity index (χ1) is 17.9. The highest BCUT2D eigenvalue weighted by atomic mass is 16.5. The van der Waals surface area contributed by atoms with E-state index in [1.807, 2.05) is 25.1 Å². The highest BCUT2D eigenvalue weighted by molar-refractivity contribution is 6.00. The lowest BCUT2D eigenvalue weighted by molar-refractivity contribution is -0.120. The van der Waals surface area contributed by atoms with Gasteiger partial charge in [0.1, 0.15) is 11.9 Å². The van der Waals surface area contributed by atoms with Gasteiger partial charge >= 0.3 is 0 Å². The van der Waals surface area contributed by atoms with Gasteiger partial charge in [0.25, 0.3) is 5.91 Å². The molecule has 1 aromatic carbocycles. The molecule has 1 saturated carbocycles. The molecule has 0 spiro atoms. The molecule has 0 saturated heterocycles. The van der Waals surface area contributed by atoms with Gasteiger partial charge in [-0.25, -0.2) is 0 Å². The van der Waals surface area contributed by atoms with Gasteiger partial charge in [-0.2, -0.15) is 0 Å². The summed E-state index contributed by atoms with van der Waals surface area (Å²) in [5.41, 5.74) is 2.18. The summed E-state index contributed by atoms with van der Waals surface area (Å²) in [5.74, 6) is 0.389. The summed E-state index contributed by atoms with van der Waals surface area (Å²) in [4.78, 5) is 34.5. The number of hydrogen-bond acceptors (Lipinski definition) is 6. The van der Waals surface area contributed by atoms with E-state index in [9.17, 15) is 14.7 Å². The summed E-state index contributed by atoms with van der Waals surface area (Å²) in [5, 5.41) is 12.9. The number of carbonyl (C=O) groups excluding carboxylic acids is 2. The zero-order chi connectivity index (χ0) is 26.4. The van der Waals surface area contributed by atoms with E-state index in [1.54, 1.807) is 29.4 Å². The number of benzene rings is 1. The molecule has 0 bridgehead atoms. The Labute approximate surface area is 220 Å². The number of fused-ring (bicyclic) bond motifs is 1. The molecule has 1 fully saturated rings. The molecular formula is C29H40N4O4. The van der Waals surface area contributed by atoms with Crippen molar-refractivity contribution in [3.8, 4) is 5.75 Å². The van der Waals surface area contributed by atoms with Crippen LogP contribution in [0.4, 0.5) is 5.69 Å². The quantitative estimate of drug-likeness (QED) is 0.561. The molecule has 2 aromatic rings. The van der Waals surface area contributed by atoms with Gasteiger partial charge in [0.05, 0.1) is 18.2 Å². The zero-order valence-electron chi connectivity index (χ0n) is 22.2. The second-order valence-corrected chi connectivity index (χ2v) is 10.7. The lowest BCUT2D eigenvalue weighted by Crippen LogP contribution is -2.49. The number of anilines is 1. The number of carbonyl (C=O) groups is 2. The van der Waals surface area contributed by atoms with Crippen molar-refractivity contribution in [1.82, 2.24) is 14.8 Å². The predicted molar refractivity (Wildman–Crippen MR) is 143 cm³/mol. The summed E-state index contributed by atoms with van der Waals surface area (Å²) in [6, 6.07) is 9.00. The van der Waals surface area contributed by atoms with Gasteiger partial charge < -0.3 is 20.1 Å². The number of aliphatic hydroxyl groups excluding tert-OH is 1. The highest BCUT2D eigenvalue weighted by Crippen LogP contribution is 2.32. The smallest absolute Gasteiger partial charge is 0.258 e. The second-order valence-electron chi connectivity index (χ2n) is 10.7. The molecule has 2 amide bonds. The topological polar surface area (TPSA) is 95.0 Å². The zero-order valence-corrected chi connectivity index (χ0v) is 22.2. The fraction of sp³-hybridized carbons (Fsp3) is 0.552. The van der Waals surface area contributed by atoms with Crippen LogP contribution in [0.2, 0.25) is 0 Å². The molecule has 3 atom stereocenters. The minimum atomic E-state index is -0.336. The fourth-order valence-corrected chi connectivity index (χ4v) is 5.30. The van der Waals surface area contributed by atoms with Crippen LogP contribution in [0.5, 0.6) is 5.75 Å². The molecule has 2 aliphatic rings. The summed E-state index contributed by atoms with van der Waals surface area (Å²) in [7, 11) is 2.05. The first-order valence-corrected chi connectivity index (χ1v) is 13.5. The number of pyridine rings is 1. The molecule has 37 heavy (non-hydrogen) atoms. The van der Waals surface area contributed by atoms with Crippen LogP contribution in [0.15, 0.2) is 42.7 Å². The molecule has 2 heterocycles. The van der Waals surface area contributed by atoms with Gasteiger partial charge in [-0.05, 0) is 62.7 Å². The van der Waals surface area contributed by atoms with Crippen LogP contribution in [0.25, 0.3) is 0 Å². The highest BCUT2D eigenvalue weighted by Gasteiger charge is 2.33. The average molecular weight is 509 g/mol. The Bertz CT molecular complexity index is 1060. The Morgan fingerprint density at radius 1 is 1.22 bits per heavy atom. The number of aromatic nitrogens is 1. The first-order valence-electron chi connectivity index (χ1n) is 13.5. The summed E-state index contributed by atoms with van der Waals surface area (Å²) in [6.45, 7) is 5.69. The Kier molecular flexibility index (Phi) is 9.16. The lowest BCUT2D eigenvalue weighted by atomic mass is 9.88. The number of aliphatic hydroxyl groups is 1. The number of nitrogens with one attached hydrogen (secondary N) is 1. The van der Waals surface area contributed by atoms with E-state index in [1.165, 1.54) is 12.0 Å². The van der Waals surface area contributed by atoms with Gasteiger partial charge in [0, 0.05) is 49.6 Å². The Hall–Kier alpha value is -2.97.